The quantitative estimate of drug-likeness (QED) is 0.621. The molecule has 0 aliphatic heterocycles. The summed E-state index contributed by atoms with van der Waals surface area (Å²) in [6, 6.07) is 18.2. The van der Waals surface area contributed by atoms with E-state index in [9.17, 15) is 17.6 Å². The first-order valence-electron chi connectivity index (χ1n) is 8.63. The van der Waals surface area contributed by atoms with Crippen molar-refractivity contribution < 1.29 is 17.6 Å². The van der Waals surface area contributed by atoms with Crippen molar-refractivity contribution in [2.45, 2.75) is 11.4 Å². The normalized spacial score (nSPS) is 11.1. The standard InChI is InChI=1S/C21H18ClFN2O3S/c1-25(14-15-5-3-2-4-6-15)21(26)16-7-12-19(22)20(13-16)24-29(27,28)18-10-8-17(23)9-11-18/h2-13,24H,14H2,1H3. The van der Waals surface area contributed by atoms with Crippen LogP contribution >= 0.6 is 11.6 Å². The molecule has 0 heterocycles. The summed E-state index contributed by atoms with van der Waals surface area (Å²) in [4.78, 5) is 14.2. The molecule has 0 saturated carbocycles. The Balaban J connectivity index is 1.82. The molecule has 0 saturated heterocycles. The Morgan fingerprint density at radius 1 is 1.03 bits per heavy atom. The zero-order chi connectivity index (χ0) is 21.0. The van der Waals surface area contributed by atoms with Crippen LogP contribution in [0.3, 0.4) is 0 Å². The number of benzene rings is 3. The number of nitrogens with zero attached hydrogens (tertiary/aromatic N) is 1. The number of hydrogen-bond acceptors (Lipinski definition) is 3. The minimum Gasteiger partial charge on any atom is -0.337 e. The lowest BCUT2D eigenvalue weighted by Crippen LogP contribution is -2.26. The number of halogens is 2. The SMILES string of the molecule is CN(Cc1ccccc1)C(=O)c1ccc(Cl)c(NS(=O)(=O)c2ccc(F)cc2)c1. The van der Waals surface area contributed by atoms with Crippen molar-refractivity contribution in [2.24, 2.45) is 0 Å². The van der Waals surface area contributed by atoms with Gasteiger partial charge in [0.05, 0.1) is 15.6 Å². The Bertz CT molecular complexity index is 1120. The molecule has 0 bridgehead atoms. The molecule has 0 unspecified atom stereocenters. The van der Waals surface area contributed by atoms with Gasteiger partial charge in [-0.05, 0) is 48.0 Å². The van der Waals surface area contributed by atoms with Crippen LogP contribution in [0.5, 0.6) is 0 Å². The van der Waals surface area contributed by atoms with Crippen LogP contribution < -0.4 is 4.72 Å². The molecule has 0 atom stereocenters. The topological polar surface area (TPSA) is 66.5 Å². The summed E-state index contributed by atoms with van der Waals surface area (Å²) in [6.07, 6.45) is 0. The van der Waals surface area contributed by atoms with Crippen LogP contribution in [0.25, 0.3) is 0 Å². The third-order valence-corrected chi connectivity index (χ3v) is 5.90. The van der Waals surface area contributed by atoms with Gasteiger partial charge in [-0.25, -0.2) is 12.8 Å². The van der Waals surface area contributed by atoms with Crippen LogP contribution in [0.1, 0.15) is 15.9 Å². The summed E-state index contributed by atoms with van der Waals surface area (Å²) < 4.78 is 40.5. The smallest absolute Gasteiger partial charge is 0.261 e. The number of carbonyl (C=O) groups excluding carboxylic acids is 1. The molecular weight excluding hydrogens is 415 g/mol. The predicted molar refractivity (Wildman–Crippen MR) is 111 cm³/mol. The lowest BCUT2D eigenvalue weighted by Gasteiger charge is -2.18. The van der Waals surface area contributed by atoms with Crippen molar-refractivity contribution >= 4 is 33.2 Å². The van der Waals surface area contributed by atoms with Gasteiger partial charge in [0, 0.05) is 19.2 Å². The van der Waals surface area contributed by atoms with E-state index in [0.29, 0.717) is 6.54 Å². The van der Waals surface area contributed by atoms with Crippen molar-refractivity contribution in [1.82, 2.24) is 4.90 Å². The van der Waals surface area contributed by atoms with Gasteiger partial charge in [-0.1, -0.05) is 41.9 Å². The Morgan fingerprint density at radius 2 is 1.69 bits per heavy atom. The maximum absolute atomic E-state index is 13.1. The third kappa shape index (κ3) is 5.13. The highest BCUT2D eigenvalue weighted by molar-refractivity contribution is 7.92. The molecule has 29 heavy (non-hydrogen) atoms. The molecular formula is C21H18ClFN2O3S. The summed E-state index contributed by atoms with van der Waals surface area (Å²) >= 11 is 6.12. The Labute approximate surface area is 173 Å². The molecule has 3 rings (SSSR count). The van der Waals surface area contributed by atoms with Crippen LogP contribution in [0.2, 0.25) is 5.02 Å². The first-order chi connectivity index (χ1) is 13.8. The zero-order valence-corrected chi connectivity index (χ0v) is 17.0. The number of amides is 1. The van der Waals surface area contributed by atoms with E-state index in [-0.39, 0.29) is 27.1 Å². The lowest BCUT2D eigenvalue weighted by atomic mass is 10.1. The Kier molecular flexibility index (Phi) is 6.20. The van der Waals surface area contributed by atoms with Crippen LogP contribution in [0.4, 0.5) is 10.1 Å². The fourth-order valence-corrected chi connectivity index (χ4v) is 3.99. The van der Waals surface area contributed by atoms with E-state index in [4.69, 9.17) is 11.6 Å². The zero-order valence-electron chi connectivity index (χ0n) is 15.5. The van der Waals surface area contributed by atoms with E-state index in [1.807, 2.05) is 30.3 Å². The molecule has 0 radical (unpaired) electrons. The fraction of sp³-hybridized carbons (Fsp3) is 0.0952. The Hall–Kier alpha value is -2.90. The average Bonchev–Trinajstić information content (AvgIpc) is 2.70. The van der Waals surface area contributed by atoms with Crippen molar-refractivity contribution in [2.75, 3.05) is 11.8 Å². The number of sulfonamides is 1. The minimum atomic E-state index is -3.99. The maximum atomic E-state index is 13.1. The first kappa shape index (κ1) is 20.8. The van der Waals surface area contributed by atoms with Crippen molar-refractivity contribution in [3.63, 3.8) is 0 Å². The number of hydrogen-bond donors (Lipinski definition) is 1. The summed E-state index contributed by atoms with van der Waals surface area (Å²) in [6.45, 7) is 0.402. The number of rotatable bonds is 6. The van der Waals surface area contributed by atoms with Gasteiger partial charge in [0.25, 0.3) is 15.9 Å². The Morgan fingerprint density at radius 3 is 2.34 bits per heavy atom. The molecule has 1 N–H and O–H groups in total. The van der Waals surface area contributed by atoms with E-state index in [0.717, 1.165) is 29.8 Å². The molecule has 0 aromatic heterocycles. The van der Waals surface area contributed by atoms with Crippen LogP contribution in [-0.2, 0) is 16.6 Å². The highest BCUT2D eigenvalue weighted by Crippen LogP contribution is 2.26. The van der Waals surface area contributed by atoms with E-state index in [1.54, 1.807) is 7.05 Å². The molecule has 3 aromatic carbocycles. The number of carbonyl (C=O) groups is 1. The molecule has 8 heteroatoms. The number of anilines is 1. The van der Waals surface area contributed by atoms with Gasteiger partial charge < -0.3 is 4.90 Å². The van der Waals surface area contributed by atoms with E-state index in [1.165, 1.54) is 23.1 Å². The fourth-order valence-electron chi connectivity index (χ4n) is 2.70. The third-order valence-electron chi connectivity index (χ3n) is 4.19. The molecule has 3 aromatic rings. The van der Waals surface area contributed by atoms with Crippen LogP contribution in [-0.4, -0.2) is 26.3 Å². The van der Waals surface area contributed by atoms with Gasteiger partial charge in [-0.2, -0.15) is 0 Å². The second kappa shape index (κ2) is 8.63. The van der Waals surface area contributed by atoms with E-state index in [2.05, 4.69) is 4.72 Å². The van der Waals surface area contributed by atoms with Crippen LogP contribution in [0.15, 0.2) is 77.7 Å². The van der Waals surface area contributed by atoms with Crippen molar-refractivity contribution in [1.29, 1.82) is 0 Å². The first-order valence-corrected chi connectivity index (χ1v) is 10.5. The lowest BCUT2D eigenvalue weighted by molar-refractivity contribution is 0.0785. The van der Waals surface area contributed by atoms with Gasteiger partial charge in [0.15, 0.2) is 0 Å². The van der Waals surface area contributed by atoms with Gasteiger partial charge in [-0.15, -0.1) is 0 Å². The van der Waals surface area contributed by atoms with E-state index >= 15 is 0 Å². The largest absolute Gasteiger partial charge is 0.337 e. The average molecular weight is 433 g/mol. The molecule has 0 spiro atoms. The summed E-state index contributed by atoms with van der Waals surface area (Å²) in [7, 11) is -2.33. The maximum Gasteiger partial charge on any atom is 0.261 e. The molecule has 1 amide bonds. The van der Waals surface area contributed by atoms with E-state index < -0.39 is 15.8 Å². The highest BCUT2D eigenvalue weighted by Gasteiger charge is 2.19. The van der Waals surface area contributed by atoms with Crippen LogP contribution in [0, 0.1) is 5.82 Å². The molecule has 150 valence electrons. The monoisotopic (exact) mass is 432 g/mol. The predicted octanol–water partition coefficient (Wildman–Crippen LogP) is 4.55. The van der Waals surface area contributed by atoms with Crippen molar-refractivity contribution in [3.8, 4) is 0 Å². The van der Waals surface area contributed by atoms with Gasteiger partial charge in [-0.3, -0.25) is 9.52 Å². The summed E-state index contributed by atoms with van der Waals surface area (Å²) in [5, 5.41) is 0.137. The van der Waals surface area contributed by atoms with Crippen molar-refractivity contribution in [3.05, 3.63) is 94.8 Å². The number of nitrogens with one attached hydrogen (secondary N) is 1. The second-order valence-electron chi connectivity index (χ2n) is 6.40. The van der Waals surface area contributed by atoms with Gasteiger partial charge >= 0.3 is 0 Å². The minimum absolute atomic E-state index is 0.0648. The van der Waals surface area contributed by atoms with Gasteiger partial charge in [0.2, 0.25) is 0 Å². The molecule has 0 fully saturated rings. The van der Waals surface area contributed by atoms with Gasteiger partial charge in [0.1, 0.15) is 5.82 Å². The molecule has 5 nitrogen and oxygen atoms in total. The highest BCUT2D eigenvalue weighted by atomic mass is 35.5. The second-order valence-corrected chi connectivity index (χ2v) is 8.49. The molecule has 0 aliphatic carbocycles. The summed E-state index contributed by atoms with van der Waals surface area (Å²) in [5.41, 5.74) is 1.31. The summed E-state index contributed by atoms with van der Waals surface area (Å²) in [5.74, 6) is -0.830. The molecule has 0 aliphatic rings.